The van der Waals surface area contributed by atoms with E-state index in [0.29, 0.717) is 34.2 Å². The third kappa shape index (κ3) is 4.23. The van der Waals surface area contributed by atoms with Crippen LogP contribution in [0.15, 0.2) is 54.6 Å². The van der Waals surface area contributed by atoms with Gasteiger partial charge in [0.1, 0.15) is 16.7 Å². The number of nitrogens with zero attached hydrogens (tertiary/aromatic N) is 2. The molecule has 0 bridgehead atoms. The second kappa shape index (κ2) is 9.82. The Bertz CT molecular complexity index is 1480. The first-order valence-electron chi connectivity index (χ1n) is 13.5. The quantitative estimate of drug-likeness (QED) is 0.292. The van der Waals surface area contributed by atoms with Gasteiger partial charge < -0.3 is 4.74 Å². The molecular formula is C31H31FN2O5S. The number of imide groups is 1. The van der Waals surface area contributed by atoms with Gasteiger partial charge in [0.05, 0.1) is 24.4 Å². The van der Waals surface area contributed by atoms with Gasteiger partial charge in [0, 0.05) is 4.88 Å². The molecule has 1 aromatic heterocycles. The lowest BCUT2D eigenvalue weighted by atomic mass is 9.72. The van der Waals surface area contributed by atoms with E-state index in [1.807, 2.05) is 30.3 Å². The molecule has 2 fully saturated rings. The summed E-state index contributed by atoms with van der Waals surface area (Å²) in [6.07, 6.45) is 1.27. The molecular weight excluding hydrogens is 531 g/mol. The van der Waals surface area contributed by atoms with E-state index in [1.165, 1.54) is 30.6 Å². The van der Waals surface area contributed by atoms with Crippen LogP contribution < -0.4 is 9.96 Å². The minimum absolute atomic E-state index is 0.0840. The predicted octanol–water partition coefficient (Wildman–Crippen LogP) is 5.88. The number of hydrogen-bond donors (Lipinski definition) is 0. The number of esters is 1. The van der Waals surface area contributed by atoms with Gasteiger partial charge in [-0.2, -0.15) is 0 Å². The zero-order chi connectivity index (χ0) is 28.3. The molecule has 40 heavy (non-hydrogen) atoms. The summed E-state index contributed by atoms with van der Waals surface area (Å²) in [7, 11) is 1.31. The number of benzene rings is 2. The van der Waals surface area contributed by atoms with Crippen molar-refractivity contribution >= 4 is 39.8 Å². The number of para-hydroxylation sites is 1. The number of carbonyl (C=O) groups is 3. The number of amides is 2. The largest absolute Gasteiger partial charge is 0.465 e. The van der Waals surface area contributed by atoms with Crippen LogP contribution in [0.5, 0.6) is 0 Å². The number of hydrogen-bond acceptors (Lipinski definition) is 7. The highest BCUT2D eigenvalue weighted by atomic mass is 32.1. The smallest absolute Gasteiger partial charge is 0.341 e. The van der Waals surface area contributed by atoms with Crippen molar-refractivity contribution in [2.45, 2.75) is 52.2 Å². The number of thiophene rings is 1. The molecule has 0 radical (unpaired) electrons. The molecule has 4 atom stereocenters. The molecule has 2 aliphatic heterocycles. The Kier molecular flexibility index (Phi) is 6.54. The number of ether oxygens (including phenoxy) is 1. The number of hydroxylamine groups is 1. The summed E-state index contributed by atoms with van der Waals surface area (Å²) in [6.45, 7) is 6.62. The molecule has 3 heterocycles. The fourth-order valence-electron chi connectivity index (χ4n) is 6.19. The van der Waals surface area contributed by atoms with Gasteiger partial charge in [0.25, 0.3) is 5.91 Å². The van der Waals surface area contributed by atoms with Crippen molar-refractivity contribution in [1.29, 1.82) is 0 Å². The Morgan fingerprint density at radius 2 is 1.75 bits per heavy atom. The standard InChI is InChI=1S/C31H31FN2O5S/c1-31(2,3)18-12-15-21-22(16-18)40-29(23(21)30(37)38-4)33-27(35)24-25(17-10-13-19(32)14-11-17)34(39-26(24)28(33)36)20-8-6-5-7-9-20/h5-11,13-14,18,24-26H,12,15-16H2,1-4H3/t18-,24+,25+,26+/m1/s1. The number of carbonyl (C=O) groups excluding carboxylic acids is 3. The lowest BCUT2D eigenvalue weighted by Gasteiger charge is -2.33. The highest BCUT2D eigenvalue weighted by Gasteiger charge is 2.61. The molecule has 208 valence electrons. The monoisotopic (exact) mass is 562 g/mol. The van der Waals surface area contributed by atoms with Crippen molar-refractivity contribution in [2.24, 2.45) is 17.3 Å². The lowest BCUT2D eigenvalue weighted by molar-refractivity contribution is -0.126. The van der Waals surface area contributed by atoms with Crippen LogP contribution in [-0.2, 0) is 32.0 Å². The van der Waals surface area contributed by atoms with Crippen LogP contribution in [-0.4, -0.2) is 31.0 Å². The second-order valence-corrected chi connectivity index (χ2v) is 12.8. The Morgan fingerprint density at radius 1 is 1.05 bits per heavy atom. The van der Waals surface area contributed by atoms with Gasteiger partial charge in [-0.15, -0.1) is 11.3 Å². The number of fused-ring (bicyclic) bond motifs is 2. The van der Waals surface area contributed by atoms with E-state index in [4.69, 9.17) is 9.57 Å². The molecule has 6 rings (SSSR count). The van der Waals surface area contributed by atoms with Gasteiger partial charge in [-0.3, -0.25) is 14.4 Å². The van der Waals surface area contributed by atoms with E-state index in [1.54, 1.807) is 17.2 Å². The molecule has 9 heteroatoms. The molecule has 0 saturated carbocycles. The highest BCUT2D eigenvalue weighted by molar-refractivity contribution is 7.17. The van der Waals surface area contributed by atoms with E-state index in [0.717, 1.165) is 28.2 Å². The Labute approximate surface area is 236 Å². The van der Waals surface area contributed by atoms with Gasteiger partial charge in [0.15, 0.2) is 6.10 Å². The van der Waals surface area contributed by atoms with E-state index in [-0.39, 0.29) is 5.41 Å². The fraction of sp³-hybridized carbons (Fsp3) is 0.387. The van der Waals surface area contributed by atoms with Crippen LogP contribution in [0.2, 0.25) is 0 Å². The molecule has 7 nitrogen and oxygen atoms in total. The minimum atomic E-state index is -1.09. The first-order chi connectivity index (χ1) is 19.1. The topological polar surface area (TPSA) is 76.2 Å². The van der Waals surface area contributed by atoms with Crippen molar-refractivity contribution in [2.75, 3.05) is 17.1 Å². The molecule has 0 N–H and O–H groups in total. The van der Waals surface area contributed by atoms with Crippen LogP contribution in [0.3, 0.4) is 0 Å². The van der Waals surface area contributed by atoms with Crippen molar-refractivity contribution in [3.8, 4) is 0 Å². The number of anilines is 2. The maximum absolute atomic E-state index is 14.2. The molecule has 2 aromatic carbocycles. The van der Waals surface area contributed by atoms with E-state index >= 15 is 0 Å². The van der Waals surface area contributed by atoms with Gasteiger partial charge in [0.2, 0.25) is 5.91 Å². The molecule has 3 aliphatic rings. The normalized spacial score (nSPS) is 24.3. The van der Waals surface area contributed by atoms with Crippen LogP contribution >= 0.6 is 11.3 Å². The Hall–Kier alpha value is -3.56. The predicted molar refractivity (Wildman–Crippen MR) is 150 cm³/mol. The summed E-state index contributed by atoms with van der Waals surface area (Å²) in [6, 6.07) is 14.4. The average molecular weight is 563 g/mol. The number of halogens is 1. The summed E-state index contributed by atoms with van der Waals surface area (Å²) >= 11 is 1.33. The first kappa shape index (κ1) is 26.7. The van der Waals surface area contributed by atoms with Crippen molar-refractivity contribution < 1.29 is 28.3 Å². The van der Waals surface area contributed by atoms with Crippen LogP contribution in [0, 0.1) is 23.1 Å². The lowest BCUT2D eigenvalue weighted by Crippen LogP contribution is -2.37. The van der Waals surface area contributed by atoms with E-state index in [2.05, 4.69) is 20.8 Å². The summed E-state index contributed by atoms with van der Waals surface area (Å²) < 4.78 is 19.0. The summed E-state index contributed by atoms with van der Waals surface area (Å²) in [5.41, 5.74) is 2.57. The number of methoxy groups -OCH3 is 1. The fourth-order valence-corrected chi connectivity index (χ4v) is 7.62. The summed E-state index contributed by atoms with van der Waals surface area (Å²) in [4.78, 5) is 49.6. The Balaban J connectivity index is 1.43. The van der Waals surface area contributed by atoms with E-state index < -0.39 is 41.7 Å². The molecule has 2 saturated heterocycles. The summed E-state index contributed by atoms with van der Waals surface area (Å²) in [5, 5.41) is 1.88. The van der Waals surface area contributed by atoms with E-state index in [9.17, 15) is 18.8 Å². The molecule has 2 amide bonds. The van der Waals surface area contributed by atoms with Crippen LogP contribution in [0.25, 0.3) is 0 Å². The third-order valence-corrected chi connectivity index (χ3v) is 9.64. The average Bonchev–Trinajstić information content (AvgIpc) is 3.58. The first-order valence-corrected chi connectivity index (χ1v) is 14.3. The van der Waals surface area contributed by atoms with Crippen molar-refractivity contribution in [3.63, 3.8) is 0 Å². The maximum atomic E-state index is 14.2. The zero-order valence-electron chi connectivity index (χ0n) is 22.8. The number of rotatable bonds is 4. The van der Waals surface area contributed by atoms with Gasteiger partial charge in [-0.05, 0) is 66.0 Å². The second-order valence-electron chi connectivity index (χ2n) is 11.7. The SMILES string of the molecule is COC(=O)c1c(N2C(=O)[C@@H]3[C@H](ON(c4ccccc4)[C@H]3c3ccc(F)cc3)C2=O)sc2c1CC[C@@H](C(C)(C)C)C2. The maximum Gasteiger partial charge on any atom is 0.341 e. The van der Waals surface area contributed by atoms with Crippen molar-refractivity contribution in [3.05, 3.63) is 82.0 Å². The minimum Gasteiger partial charge on any atom is -0.465 e. The third-order valence-electron chi connectivity index (χ3n) is 8.40. The Morgan fingerprint density at radius 3 is 2.40 bits per heavy atom. The van der Waals surface area contributed by atoms with Gasteiger partial charge in [-0.1, -0.05) is 51.1 Å². The van der Waals surface area contributed by atoms with Gasteiger partial charge in [-0.25, -0.2) is 19.1 Å². The summed E-state index contributed by atoms with van der Waals surface area (Å²) in [5.74, 6) is -2.39. The van der Waals surface area contributed by atoms with Crippen LogP contribution in [0.4, 0.5) is 15.1 Å². The van der Waals surface area contributed by atoms with Gasteiger partial charge >= 0.3 is 5.97 Å². The van der Waals surface area contributed by atoms with Crippen molar-refractivity contribution in [1.82, 2.24) is 0 Å². The molecule has 0 spiro atoms. The molecule has 1 aliphatic carbocycles. The molecule has 0 unspecified atom stereocenters. The van der Waals surface area contributed by atoms with Crippen LogP contribution in [0.1, 0.15) is 59.6 Å². The zero-order valence-corrected chi connectivity index (χ0v) is 23.7. The molecule has 3 aromatic rings. The highest BCUT2D eigenvalue weighted by Crippen LogP contribution is 2.51.